The lowest BCUT2D eigenvalue weighted by Gasteiger charge is -2.07. The molecule has 0 saturated carbocycles. The molecule has 1 saturated heterocycles. The highest BCUT2D eigenvalue weighted by Crippen LogP contribution is 2.21. The fraction of sp³-hybridized carbons (Fsp3) is 0.385. The summed E-state index contributed by atoms with van der Waals surface area (Å²) in [6.07, 6.45) is 2.89. The highest BCUT2D eigenvalue weighted by atomic mass is 32.1. The van der Waals surface area contributed by atoms with Crippen molar-refractivity contribution in [3.8, 4) is 10.7 Å². The Morgan fingerprint density at radius 2 is 2.44 bits per heavy atom. The molecule has 94 valence electrons. The molecule has 1 aliphatic heterocycles. The van der Waals surface area contributed by atoms with Gasteiger partial charge >= 0.3 is 0 Å². The number of hydrogen-bond acceptors (Lipinski definition) is 5. The molecule has 3 heterocycles. The first-order chi connectivity index (χ1) is 8.92. The average molecular weight is 261 g/mol. The second-order valence-electron chi connectivity index (χ2n) is 4.30. The number of hydrogen-bond donors (Lipinski definition) is 1. The van der Waals surface area contributed by atoms with Gasteiger partial charge in [-0.1, -0.05) is 6.07 Å². The maximum atomic E-state index is 5.33. The van der Waals surface area contributed by atoms with E-state index in [1.54, 1.807) is 17.5 Å². The van der Waals surface area contributed by atoms with Gasteiger partial charge in [0, 0.05) is 30.8 Å². The third-order valence-electron chi connectivity index (χ3n) is 2.94. The monoisotopic (exact) mass is 261 g/mol. The molecule has 1 aliphatic rings. The van der Waals surface area contributed by atoms with Crippen LogP contribution >= 0.6 is 11.3 Å². The van der Waals surface area contributed by atoms with Gasteiger partial charge in [-0.15, -0.1) is 11.3 Å². The molecule has 0 radical (unpaired) electrons. The number of aromatic nitrogens is 2. The predicted octanol–water partition coefficient (Wildman–Crippen LogP) is 2.08. The third kappa shape index (κ3) is 2.75. The zero-order valence-electron chi connectivity index (χ0n) is 10.0. The van der Waals surface area contributed by atoms with Gasteiger partial charge in [-0.3, -0.25) is 4.98 Å². The molecule has 1 unspecified atom stereocenters. The molecule has 0 amide bonds. The lowest BCUT2D eigenvalue weighted by atomic mass is 10.2. The van der Waals surface area contributed by atoms with Crippen LogP contribution in [0.3, 0.4) is 0 Å². The smallest absolute Gasteiger partial charge is 0.142 e. The number of rotatable bonds is 4. The molecule has 4 nitrogen and oxygen atoms in total. The summed E-state index contributed by atoms with van der Waals surface area (Å²) in [5.74, 6) is 0. The quantitative estimate of drug-likeness (QED) is 0.915. The summed E-state index contributed by atoms with van der Waals surface area (Å²) < 4.78 is 5.33. The maximum Gasteiger partial charge on any atom is 0.142 e. The Labute approximate surface area is 110 Å². The fourth-order valence-corrected chi connectivity index (χ4v) is 2.73. The normalized spacial score (nSPS) is 19.2. The van der Waals surface area contributed by atoms with E-state index in [9.17, 15) is 0 Å². The van der Waals surface area contributed by atoms with Gasteiger partial charge in [-0.25, -0.2) is 4.98 Å². The Balaban J connectivity index is 1.63. The SMILES string of the molecule is c1ccc(-c2nc(CNC3CCOC3)cs2)nc1. The van der Waals surface area contributed by atoms with Crippen molar-refractivity contribution >= 4 is 11.3 Å². The summed E-state index contributed by atoms with van der Waals surface area (Å²) in [5.41, 5.74) is 2.02. The standard InChI is InChI=1S/C13H15N3OS/c1-2-5-14-12(3-1)13-16-11(9-18-13)7-15-10-4-6-17-8-10/h1-3,5,9-10,15H,4,6-8H2. The molecule has 2 aromatic heterocycles. The minimum Gasteiger partial charge on any atom is -0.380 e. The Bertz CT molecular complexity index is 494. The first-order valence-corrected chi connectivity index (χ1v) is 6.97. The van der Waals surface area contributed by atoms with Gasteiger partial charge in [0.05, 0.1) is 18.0 Å². The predicted molar refractivity (Wildman–Crippen MR) is 71.4 cm³/mol. The second kappa shape index (κ2) is 5.56. The van der Waals surface area contributed by atoms with Gasteiger partial charge in [0.1, 0.15) is 5.01 Å². The van der Waals surface area contributed by atoms with Gasteiger partial charge in [0.25, 0.3) is 0 Å². The lowest BCUT2D eigenvalue weighted by Crippen LogP contribution is -2.28. The molecule has 5 heteroatoms. The summed E-state index contributed by atoms with van der Waals surface area (Å²) in [7, 11) is 0. The first kappa shape index (κ1) is 11.8. The first-order valence-electron chi connectivity index (χ1n) is 6.09. The van der Waals surface area contributed by atoms with Crippen molar-refractivity contribution in [1.29, 1.82) is 0 Å². The van der Waals surface area contributed by atoms with E-state index in [-0.39, 0.29) is 0 Å². The van der Waals surface area contributed by atoms with E-state index in [0.717, 1.165) is 42.6 Å². The van der Waals surface area contributed by atoms with Crippen molar-refractivity contribution in [3.05, 3.63) is 35.5 Å². The molecular weight excluding hydrogens is 246 g/mol. The zero-order valence-corrected chi connectivity index (χ0v) is 10.8. The van der Waals surface area contributed by atoms with E-state index >= 15 is 0 Å². The van der Waals surface area contributed by atoms with Crippen LogP contribution in [0, 0.1) is 0 Å². The number of nitrogens with one attached hydrogen (secondary N) is 1. The van der Waals surface area contributed by atoms with Crippen molar-refractivity contribution in [2.45, 2.75) is 19.0 Å². The summed E-state index contributed by atoms with van der Waals surface area (Å²) in [5, 5.41) is 6.53. The van der Waals surface area contributed by atoms with Gasteiger partial charge in [-0.05, 0) is 18.6 Å². The van der Waals surface area contributed by atoms with Crippen molar-refractivity contribution in [2.75, 3.05) is 13.2 Å². The summed E-state index contributed by atoms with van der Waals surface area (Å²) in [4.78, 5) is 8.90. The topological polar surface area (TPSA) is 47.0 Å². The molecule has 1 atom stereocenters. The van der Waals surface area contributed by atoms with Crippen LogP contribution in [0.2, 0.25) is 0 Å². The highest BCUT2D eigenvalue weighted by Gasteiger charge is 2.15. The van der Waals surface area contributed by atoms with E-state index in [1.165, 1.54) is 0 Å². The molecule has 1 fully saturated rings. The Hall–Kier alpha value is -1.30. The molecule has 0 aromatic carbocycles. The molecule has 2 aromatic rings. The van der Waals surface area contributed by atoms with Crippen LogP contribution in [-0.2, 0) is 11.3 Å². The van der Waals surface area contributed by atoms with E-state index in [1.807, 2.05) is 18.2 Å². The van der Waals surface area contributed by atoms with E-state index in [2.05, 4.69) is 20.7 Å². The molecule has 1 N–H and O–H groups in total. The van der Waals surface area contributed by atoms with Crippen molar-refractivity contribution in [2.24, 2.45) is 0 Å². The minimum atomic E-state index is 0.477. The minimum absolute atomic E-state index is 0.477. The summed E-state index contributed by atoms with van der Waals surface area (Å²) >= 11 is 1.64. The number of ether oxygens (including phenoxy) is 1. The largest absolute Gasteiger partial charge is 0.380 e. The molecule has 0 bridgehead atoms. The number of nitrogens with zero attached hydrogens (tertiary/aromatic N) is 2. The van der Waals surface area contributed by atoms with Crippen LogP contribution in [0.4, 0.5) is 0 Å². The van der Waals surface area contributed by atoms with Gasteiger partial charge in [0.15, 0.2) is 0 Å². The Kier molecular flexibility index (Phi) is 3.64. The van der Waals surface area contributed by atoms with E-state index in [0.29, 0.717) is 6.04 Å². The molecule has 18 heavy (non-hydrogen) atoms. The molecule has 0 spiro atoms. The Morgan fingerprint density at radius 3 is 3.22 bits per heavy atom. The van der Waals surface area contributed by atoms with Crippen molar-refractivity contribution in [3.63, 3.8) is 0 Å². The summed E-state index contributed by atoms with van der Waals surface area (Å²) in [6.45, 7) is 2.49. The third-order valence-corrected chi connectivity index (χ3v) is 3.85. The van der Waals surface area contributed by atoms with Crippen molar-refractivity contribution in [1.82, 2.24) is 15.3 Å². The van der Waals surface area contributed by atoms with Crippen LogP contribution in [0.15, 0.2) is 29.8 Å². The van der Waals surface area contributed by atoms with Crippen LogP contribution < -0.4 is 5.32 Å². The zero-order chi connectivity index (χ0) is 12.2. The van der Waals surface area contributed by atoms with Crippen LogP contribution in [0.1, 0.15) is 12.1 Å². The second-order valence-corrected chi connectivity index (χ2v) is 5.16. The van der Waals surface area contributed by atoms with Crippen LogP contribution in [-0.4, -0.2) is 29.2 Å². The van der Waals surface area contributed by atoms with Crippen LogP contribution in [0.25, 0.3) is 10.7 Å². The molecule has 3 rings (SSSR count). The van der Waals surface area contributed by atoms with E-state index in [4.69, 9.17) is 4.74 Å². The van der Waals surface area contributed by atoms with Gasteiger partial charge < -0.3 is 10.1 Å². The number of thiazole rings is 1. The highest BCUT2D eigenvalue weighted by molar-refractivity contribution is 7.13. The lowest BCUT2D eigenvalue weighted by molar-refractivity contribution is 0.189. The molecule has 0 aliphatic carbocycles. The fourth-order valence-electron chi connectivity index (χ4n) is 1.94. The maximum absolute atomic E-state index is 5.33. The van der Waals surface area contributed by atoms with Gasteiger partial charge in [-0.2, -0.15) is 0 Å². The van der Waals surface area contributed by atoms with Crippen LogP contribution in [0.5, 0.6) is 0 Å². The Morgan fingerprint density at radius 1 is 1.44 bits per heavy atom. The van der Waals surface area contributed by atoms with Gasteiger partial charge in [0.2, 0.25) is 0 Å². The molecular formula is C13H15N3OS. The number of pyridine rings is 1. The van der Waals surface area contributed by atoms with Crippen molar-refractivity contribution < 1.29 is 4.74 Å². The van der Waals surface area contributed by atoms with E-state index < -0.39 is 0 Å². The average Bonchev–Trinajstić information content (AvgIpc) is 3.09. The summed E-state index contributed by atoms with van der Waals surface area (Å²) in [6, 6.07) is 6.36.